The molecule has 0 aromatic heterocycles. The summed E-state index contributed by atoms with van der Waals surface area (Å²) in [5.41, 5.74) is 3.65. The predicted molar refractivity (Wildman–Crippen MR) is 99.1 cm³/mol. The zero-order valence-corrected chi connectivity index (χ0v) is 15.9. The Morgan fingerprint density at radius 1 is 1.12 bits per heavy atom. The van der Waals surface area contributed by atoms with Gasteiger partial charge in [-0.15, -0.1) is 0 Å². The van der Waals surface area contributed by atoms with Crippen LogP contribution in [0, 0.1) is 0 Å². The molecule has 1 unspecified atom stereocenters. The molecule has 1 aromatic rings. The van der Waals surface area contributed by atoms with Gasteiger partial charge >= 0.3 is 0 Å². The number of hydrogen-bond donors (Lipinski definition) is 1. The first-order valence-corrected chi connectivity index (χ1v) is 10.6. The molecule has 1 atom stereocenters. The first-order valence-electron chi connectivity index (χ1n) is 8.96. The van der Waals surface area contributed by atoms with E-state index >= 15 is 0 Å². The molecule has 1 aromatic carbocycles. The average molecular weight is 353 g/mol. The fourth-order valence-corrected chi connectivity index (χ4v) is 4.27. The molecule has 0 bridgehead atoms. The van der Waals surface area contributed by atoms with Crippen molar-refractivity contribution in [3.05, 3.63) is 29.8 Å². The molecule has 24 heavy (non-hydrogen) atoms. The molecule has 1 aliphatic rings. The molecule has 0 saturated carbocycles. The van der Waals surface area contributed by atoms with Gasteiger partial charge in [0.1, 0.15) is 6.54 Å². The van der Waals surface area contributed by atoms with E-state index in [4.69, 9.17) is 4.55 Å². The minimum Gasteiger partial charge on any atom is -0.286 e. The van der Waals surface area contributed by atoms with Gasteiger partial charge < -0.3 is 0 Å². The zero-order valence-electron chi connectivity index (χ0n) is 15.1. The topological polar surface area (TPSA) is 57.4 Å². The van der Waals surface area contributed by atoms with Gasteiger partial charge in [-0.1, -0.05) is 38.0 Å². The van der Waals surface area contributed by atoms with Gasteiger partial charge in [0.2, 0.25) is 5.69 Å². The molecular formula is C19H30NO3S+. The lowest BCUT2D eigenvalue weighted by Crippen LogP contribution is -2.31. The van der Waals surface area contributed by atoms with Crippen LogP contribution in [0.2, 0.25) is 0 Å². The minimum absolute atomic E-state index is 0.161. The smallest absolute Gasteiger partial charge is 0.264 e. The maximum Gasteiger partial charge on any atom is 0.264 e. The van der Waals surface area contributed by atoms with Gasteiger partial charge in [0, 0.05) is 25.0 Å². The molecule has 0 radical (unpaired) electrons. The van der Waals surface area contributed by atoms with Gasteiger partial charge in [0.25, 0.3) is 10.1 Å². The monoisotopic (exact) mass is 352 g/mol. The Labute approximate surface area is 146 Å². The number of para-hydroxylation sites is 1. The van der Waals surface area contributed by atoms with E-state index in [-0.39, 0.29) is 11.2 Å². The van der Waals surface area contributed by atoms with Crippen molar-refractivity contribution in [2.45, 2.75) is 64.7 Å². The predicted octanol–water partition coefficient (Wildman–Crippen LogP) is 4.31. The zero-order chi connectivity index (χ0) is 17.8. The summed E-state index contributed by atoms with van der Waals surface area (Å²) in [5.74, 6) is -0.172. The van der Waals surface area contributed by atoms with Gasteiger partial charge in [-0.05, 0) is 26.2 Å². The van der Waals surface area contributed by atoms with Crippen molar-refractivity contribution in [2.75, 3.05) is 12.3 Å². The van der Waals surface area contributed by atoms with Crippen LogP contribution in [0.3, 0.4) is 0 Å². The second-order valence-corrected chi connectivity index (χ2v) is 8.61. The maximum atomic E-state index is 11.0. The number of hydrogen-bond acceptors (Lipinski definition) is 2. The van der Waals surface area contributed by atoms with Crippen molar-refractivity contribution in [1.29, 1.82) is 0 Å². The summed E-state index contributed by atoms with van der Waals surface area (Å²) in [7, 11) is -3.89. The van der Waals surface area contributed by atoms with Crippen LogP contribution in [0.4, 0.5) is 5.69 Å². The maximum absolute atomic E-state index is 11.0. The standard InChI is InChI=1S/C19H29NO3S/c1-4-5-6-9-14-20-16(2)19(3,13-10-15-24(21,22)23)17-11-7-8-12-18(17)20/h7-8,11-12H,4-6,9-10,13-15H2,1-3H3/p+1. The Bertz CT molecular complexity index is 709. The second-order valence-electron chi connectivity index (χ2n) is 7.04. The summed E-state index contributed by atoms with van der Waals surface area (Å²) < 4.78 is 33.5. The van der Waals surface area contributed by atoms with E-state index in [2.05, 4.69) is 43.5 Å². The van der Waals surface area contributed by atoms with Gasteiger partial charge in [-0.25, -0.2) is 0 Å². The average Bonchev–Trinajstić information content (AvgIpc) is 2.72. The summed E-state index contributed by atoms with van der Waals surface area (Å²) >= 11 is 0. The highest BCUT2D eigenvalue weighted by molar-refractivity contribution is 7.85. The van der Waals surface area contributed by atoms with Gasteiger partial charge in [0.15, 0.2) is 5.71 Å². The van der Waals surface area contributed by atoms with Crippen LogP contribution >= 0.6 is 0 Å². The number of fused-ring (bicyclic) bond motifs is 1. The Hall–Kier alpha value is -1.20. The van der Waals surface area contributed by atoms with Crippen LogP contribution in [0.1, 0.15) is 64.9 Å². The highest BCUT2D eigenvalue weighted by Crippen LogP contribution is 2.42. The summed E-state index contributed by atoms with van der Waals surface area (Å²) in [6.07, 6.45) is 6.08. The fourth-order valence-electron chi connectivity index (χ4n) is 3.76. The first kappa shape index (κ1) is 19.1. The number of nitrogens with zero attached hydrogens (tertiary/aromatic N) is 1. The fraction of sp³-hybridized carbons (Fsp3) is 0.632. The lowest BCUT2D eigenvalue weighted by Gasteiger charge is -2.21. The van der Waals surface area contributed by atoms with Gasteiger partial charge in [-0.3, -0.25) is 4.55 Å². The molecule has 0 fully saturated rings. The van der Waals surface area contributed by atoms with Crippen molar-refractivity contribution in [2.24, 2.45) is 0 Å². The molecule has 0 saturated heterocycles. The summed E-state index contributed by atoms with van der Waals surface area (Å²) in [6.45, 7) is 7.58. The summed E-state index contributed by atoms with van der Waals surface area (Å²) in [5, 5.41) is 0. The van der Waals surface area contributed by atoms with Gasteiger partial charge in [0.05, 0.1) is 11.2 Å². The van der Waals surface area contributed by atoms with Crippen LogP contribution in [0.5, 0.6) is 0 Å². The third kappa shape index (κ3) is 4.25. The Morgan fingerprint density at radius 3 is 2.50 bits per heavy atom. The van der Waals surface area contributed by atoms with Crippen LogP contribution in [-0.4, -0.2) is 35.6 Å². The molecule has 1 heterocycles. The Balaban J connectivity index is 2.21. The summed E-state index contributed by atoms with van der Waals surface area (Å²) in [6, 6.07) is 8.42. The first-order chi connectivity index (χ1) is 11.3. The molecule has 5 heteroatoms. The minimum atomic E-state index is -3.89. The Morgan fingerprint density at radius 2 is 1.83 bits per heavy atom. The largest absolute Gasteiger partial charge is 0.286 e. The number of benzene rings is 1. The van der Waals surface area contributed by atoms with E-state index in [1.54, 1.807) is 0 Å². The number of unbranched alkanes of at least 4 members (excludes halogenated alkanes) is 3. The van der Waals surface area contributed by atoms with Crippen LogP contribution < -0.4 is 0 Å². The molecule has 0 spiro atoms. The highest BCUT2D eigenvalue weighted by Gasteiger charge is 2.45. The normalized spacial score (nSPS) is 20.5. The van der Waals surface area contributed by atoms with Crippen molar-refractivity contribution in [3.63, 3.8) is 0 Å². The third-order valence-electron chi connectivity index (χ3n) is 5.31. The highest BCUT2D eigenvalue weighted by atomic mass is 32.2. The lowest BCUT2D eigenvalue weighted by atomic mass is 9.76. The lowest BCUT2D eigenvalue weighted by molar-refractivity contribution is -0.439. The second kappa shape index (κ2) is 7.79. The van der Waals surface area contributed by atoms with Crippen LogP contribution in [0.25, 0.3) is 0 Å². The van der Waals surface area contributed by atoms with E-state index in [0.29, 0.717) is 6.42 Å². The molecule has 0 aliphatic carbocycles. The van der Waals surface area contributed by atoms with Crippen LogP contribution in [0.15, 0.2) is 24.3 Å². The van der Waals surface area contributed by atoms with Crippen molar-refractivity contribution >= 4 is 21.5 Å². The molecule has 2 rings (SSSR count). The molecule has 1 N–H and O–H groups in total. The van der Waals surface area contributed by atoms with Gasteiger partial charge in [-0.2, -0.15) is 13.0 Å². The summed E-state index contributed by atoms with van der Waals surface area (Å²) in [4.78, 5) is 0. The van der Waals surface area contributed by atoms with E-state index in [0.717, 1.165) is 13.0 Å². The van der Waals surface area contributed by atoms with E-state index < -0.39 is 10.1 Å². The molecule has 0 amide bonds. The van der Waals surface area contributed by atoms with E-state index in [1.807, 2.05) is 6.07 Å². The van der Waals surface area contributed by atoms with Crippen molar-refractivity contribution in [3.8, 4) is 0 Å². The van der Waals surface area contributed by atoms with E-state index in [1.165, 1.54) is 42.6 Å². The molecular weight excluding hydrogens is 322 g/mol. The molecule has 4 nitrogen and oxygen atoms in total. The quantitative estimate of drug-likeness (QED) is 0.409. The third-order valence-corrected chi connectivity index (χ3v) is 6.11. The Kier molecular flexibility index (Phi) is 6.21. The van der Waals surface area contributed by atoms with Crippen molar-refractivity contribution < 1.29 is 17.5 Å². The van der Waals surface area contributed by atoms with E-state index in [9.17, 15) is 8.42 Å². The number of rotatable bonds is 9. The van der Waals surface area contributed by atoms with Crippen molar-refractivity contribution in [1.82, 2.24) is 0 Å². The van der Waals surface area contributed by atoms with Crippen LogP contribution in [-0.2, 0) is 15.5 Å². The molecule has 1 aliphatic heterocycles. The SMILES string of the molecule is CCCCCC[N+]1=C(C)C(C)(CCCS(=O)(=O)O)c2ccccc21. The molecule has 134 valence electrons.